The van der Waals surface area contributed by atoms with Gasteiger partial charge in [0.1, 0.15) is 4.60 Å². The van der Waals surface area contributed by atoms with E-state index in [0.717, 1.165) is 17.4 Å². The standard InChI is InChI=1S/C13H15BrN2O3/c14-11-2-1-10(9-15-11)12(17)16-5-3-13(4-6-16)18-7-8-19-13/h1-2,9H,3-8H2. The summed E-state index contributed by atoms with van der Waals surface area (Å²) in [6.07, 6.45) is 3.07. The van der Waals surface area contributed by atoms with E-state index in [2.05, 4.69) is 20.9 Å². The Kier molecular flexibility index (Phi) is 3.56. The van der Waals surface area contributed by atoms with Gasteiger partial charge >= 0.3 is 0 Å². The van der Waals surface area contributed by atoms with Crippen molar-refractivity contribution < 1.29 is 14.3 Å². The number of piperidine rings is 1. The number of amides is 1. The van der Waals surface area contributed by atoms with Crippen molar-refractivity contribution in [2.75, 3.05) is 26.3 Å². The minimum Gasteiger partial charge on any atom is -0.347 e. The van der Waals surface area contributed by atoms with Gasteiger partial charge in [-0.15, -0.1) is 0 Å². The number of likely N-dealkylation sites (tertiary alicyclic amines) is 1. The third kappa shape index (κ3) is 2.66. The van der Waals surface area contributed by atoms with Crippen molar-refractivity contribution >= 4 is 21.8 Å². The molecule has 2 aliphatic rings. The first-order valence-corrected chi connectivity index (χ1v) is 7.17. The van der Waals surface area contributed by atoms with E-state index in [1.54, 1.807) is 18.3 Å². The number of nitrogens with zero attached hydrogens (tertiary/aromatic N) is 2. The molecule has 19 heavy (non-hydrogen) atoms. The third-order valence-corrected chi connectivity index (χ3v) is 4.07. The maximum atomic E-state index is 12.3. The van der Waals surface area contributed by atoms with Crippen molar-refractivity contribution in [2.24, 2.45) is 0 Å². The van der Waals surface area contributed by atoms with Crippen molar-refractivity contribution in [2.45, 2.75) is 18.6 Å². The van der Waals surface area contributed by atoms with Gasteiger partial charge in [-0.2, -0.15) is 0 Å². The summed E-state index contributed by atoms with van der Waals surface area (Å²) < 4.78 is 12.0. The van der Waals surface area contributed by atoms with E-state index in [-0.39, 0.29) is 5.91 Å². The Bertz CT molecular complexity index is 461. The van der Waals surface area contributed by atoms with Gasteiger partial charge in [0, 0.05) is 32.1 Å². The number of pyridine rings is 1. The lowest BCUT2D eigenvalue weighted by atomic mass is 10.0. The summed E-state index contributed by atoms with van der Waals surface area (Å²) in [6.45, 7) is 2.64. The van der Waals surface area contributed by atoms with Crippen LogP contribution in [0.25, 0.3) is 0 Å². The van der Waals surface area contributed by atoms with Crippen LogP contribution < -0.4 is 0 Å². The average molecular weight is 327 g/mol. The van der Waals surface area contributed by atoms with Gasteiger partial charge in [0.25, 0.3) is 5.91 Å². The van der Waals surface area contributed by atoms with E-state index in [0.29, 0.717) is 31.9 Å². The van der Waals surface area contributed by atoms with Gasteiger partial charge in [-0.1, -0.05) is 0 Å². The van der Waals surface area contributed by atoms with Crippen molar-refractivity contribution in [1.29, 1.82) is 0 Å². The van der Waals surface area contributed by atoms with Crippen LogP contribution in [0.3, 0.4) is 0 Å². The number of hydrogen-bond acceptors (Lipinski definition) is 4. The third-order valence-electron chi connectivity index (χ3n) is 3.60. The Balaban J connectivity index is 1.64. The number of carbonyl (C=O) groups excluding carboxylic acids is 1. The molecule has 0 bridgehead atoms. The molecule has 0 aromatic carbocycles. The monoisotopic (exact) mass is 326 g/mol. The van der Waals surface area contributed by atoms with Gasteiger partial charge in [-0.25, -0.2) is 4.98 Å². The van der Waals surface area contributed by atoms with Crippen LogP contribution in [0.15, 0.2) is 22.9 Å². The summed E-state index contributed by atoms with van der Waals surface area (Å²) >= 11 is 3.26. The molecule has 1 aromatic rings. The van der Waals surface area contributed by atoms with E-state index in [9.17, 15) is 4.79 Å². The molecule has 0 N–H and O–H groups in total. The SMILES string of the molecule is O=C(c1ccc(Br)nc1)N1CCC2(CC1)OCCO2. The van der Waals surface area contributed by atoms with Crippen LogP contribution in [0.1, 0.15) is 23.2 Å². The van der Waals surface area contributed by atoms with Crippen molar-refractivity contribution in [3.63, 3.8) is 0 Å². The number of halogens is 1. The van der Waals surface area contributed by atoms with Gasteiger partial charge in [-0.3, -0.25) is 4.79 Å². The maximum absolute atomic E-state index is 12.3. The molecule has 0 aliphatic carbocycles. The summed E-state index contributed by atoms with van der Waals surface area (Å²) in [5.41, 5.74) is 0.618. The summed E-state index contributed by atoms with van der Waals surface area (Å²) in [7, 11) is 0. The number of hydrogen-bond donors (Lipinski definition) is 0. The molecule has 1 amide bonds. The Morgan fingerprint density at radius 2 is 1.95 bits per heavy atom. The predicted molar refractivity (Wildman–Crippen MR) is 71.7 cm³/mol. The van der Waals surface area contributed by atoms with Crippen LogP contribution in [0, 0.1) is 0 Å². The zero-order valence-corrected chi connectivity index (χ0v) is 12.1. The quantitative estimate of drug-likeness (QED) is 0.739. The summed E-state index contributed by atoms with van der Waals surface area (Å²) in [4.78, 5) is 18.2. The van der Waals surface area contributed by atoms with Gasteiger partial charge in [0.2, 0.25) is 0 Å². The maximum Gasteiger partial charge on any atom is 0.255 e. The van der Waals surface area contributed by atoms with Crippen LogP contribution in [0.4, 0.5) is 0 Å². The molecule has 3 heterocycles. The number of carbonyl (C=O) groups is 1. The largest absolute Gasteiger partial charge is 0.347 e. The topological polar surface area (TPSA) is 51.7 Å². The molecule has 3 rings (SSSR count). The van der Waals surface area contributed by atoms with Gasteiger partial charge in [-0.05, 0) is 28.1 Å². The lowest BCUT2D eigenvalue weighted by Gasteiger charge is -2.37. The fourth-order valence-corrected chi connectivity index (χ4v) is 2.76. The van der Waals surface area contributed by atoms with Gasteiger partial charge in [0.15, 0.2) is 5.79 Å². The highest BCUT2D eigenvalue weighted by molar-refractivity contribution is 9.10. The zero-order chi connectivity index (χ0) is 13.3. The van der Waals surface area contributed by atoms with Crippen LogP contribution in [0.2, 0.25) is 0 Å². The minimum atomic E-state index is -0.436. The Morgan fingerprint density at radius 3 is 2.53 bits per heavy atom. The van der Waals surface area contributed by atoms with E-state index in [1.165, 1.54) is 0 Å². The van der Waals surface area contributed by atoms with Crippen LogP contribution in [0.5, 0.6) is 0 Å². The highest BCUT2D eigenvalue weighted by Gasteiger charge is 2.40. The number of aromatic nitrogens is 1. The predicted octanol–water partition coefficient (Wildman–Crippen LogP) is 1.82. The second kappa shape index (κ2) is 5.19. The molecular formula is C13H15BrN2O3. The van der Waals surface area contributed by atoms with E-state index < -0.39 is 5.79 Å². The van der Waals surface area contributed by atoms with Crippen molar-refractivity contribution in [3.05, 3.63) is 28.5 Å². The number of rotatable bonds is 1. The van der Waals surface area contributed by atoms with E-state index in [1.807, 2.05) is 4.90 Å². The normalized spacial score (nSPS) is 21.8. The molecule has 0 saturated carbocycles. The first-order chi connectivity index (χ1) is 9.19. The van der Waals surface area contributed by atoms with Crippen LogP contribution in [-0.4, -0.2) is 47.9 Å². The molecule has 2 saturated heterocycles. The zero-order valence-electron chi connectivity index (χ0n) is 10.5. The highest BCUT2D eigenvalue weighted by Crippen LogP contribution is 2.31. The number of ether oxygens (including phenoxy) is 2. The second-order valence-corrected chi connectivity index (χ2v) is 5.58. The summed E-state index contributed by atoms with van der Waals surface area (Å²) in [5, 5.41) is 0. The lowest BCUT2D eigenvalue weighted by Crippen LogP contribution is -2.47. The average Bonchev–Trinajstić information content (AvgIpc) is 2.88. The molecule has 1 aromatic heterocycles. The molecule has 6 heteroatoms. The Morgan fingerprint density at radius 1 is 1.26 bits per heavy atom. The molecule has 1 spiro atoms. The van der Waals surface area contributed by atoms with Crippen molar-refractivity contribution in [3.8, 4) is 0 Å². The molecular weight excluding hydrogens is 312 g/mol. The molecule has 0 unspecified atom stereocenters. The smallest absolute Gasteiger partial charge is 0.255 e. The molecule has 5 nitrogen and oxygen atoms in total. The Labute approximate surface area is 120 Å². The van der Waals surface area contributed by atoms with E-state index >= 15 is 0 Å². The van der Waals surface area contributed by atoms with Gasteiger partial charge in [0.05, 0.1) is 18.8 Å². The summed E-state index contributed by atoms with van der Waals surface area (Å²) in [6, 6.07) is 3.56. The first kappa shape index (κ1) is 13.0. The summed E-state index contributed by atoms with van der Waals surface area (Å²) in [5.74, 6) is -0.415. The molecule has 0 atom stereocenters. The fourth-order valence-electron chi connectivity index (χ4n) is 2.52. The first-order valence-electron chi connectivity index (χ1n) is 6.37. The van der Waals surface area contributed by atoms with Crippen molar-refractivity contribution in [1.82, 2.24) is 9.88 Å². The van der Waals surface area contributed by atoms with E-state index in [4.69, 9.17) is 9.47 Å². The van der Waals surface area contributed by atoms with Gasteiger partial charge < -0.3 is 14.4 Å². The Hall–Kier alpha value is -0.980. The lowest BCUT2D eigenvalue weighted by molar-refractivity contribution is -0.181. The molecule has 2 fully saturated rings. The molecule has 2 aliphatic heterocycles. The fraction of sp³-hybridized carbons (Fsp3) is 0.538. The van der Waals surface area contributed by atoms with Crippen LogP contribution >= 0.6 is 15.9 Å². The van der Waals surface area contributed by atoms with Crippen LogP contribution in [-0.2, 0) is 9.47 Å². The molecule has 102 valence electrons. The minimum absolute atomic E-state index is 0.0212. The second-order valence-electron chi connectivity index (χ2n) is 4.77. The highest BCUT2D eigenvalue weighted by atomic mass is 79.9. The molecule has 0 radical (unpaired) electrons.